The number of carbonyl (C=O) groups is 2. The lowest BCUT2D eigenvalue weighted by molar-refractivity contribution is -0.119. The normalized spacial score (nSPS) is 14.8. The molecule has 0 saturated carbocycles. The number of hydrogen-bond donors (Lipinski definition) is 1. The van der Waals surface area contributed by atoms with Crippen molar-refractivity contribution in [2.75, 3.05) is 23.9 Å². The van der Waals surface area contributed by atoms with Crippen molar-refractivity contribution in [1.82, 2.24) is 0 Å². The fourth-order valence-electron chi connectivity index (χ4n) is 2.24. The second kappa shape index (κ2) is 6.39. The molecule has 0 aromatic heterocycles. The fraction of sp³-hybridized carbons (Fsp3) is 0.333. The van der Waals surface area contributed by atoms with Gasteiger partial charge in [-0.05, 0) is 31.0 Å². The lowest BCUT2D eigenvalue weighted by Gasteiger charge is -2.28. The Balaban J connectivity index is 2.31. The van der Waals surface area contributed by atoms with Crippen LogP contribution in [-0.4, -0.2) is 25.5 Å². The van der Waals surface area contributed by atoms with Crippen LogP contribution in [0.2, 0.25) is 0 Å². The Morgan fingerprint density at radius 1 is 1.43 bits per heavy atom. The summed E-state index contributed by atoms with van der Waals surface area (Å²) in [5, 5.41) is 2.38. The SMILES string of the molecule is C=C(F)C(=O)Nc1ccc(OC)c(N2CCCCC2=O)c1. The van der Waals surface area contributed by atoms with E-state index >= 15 is 0 Å². The van der Waals surface area contributed by atoms with Crippen LogP contribution in [0.25, 0.3) is 0 Å². The van der Waals surface area contributed by atoms with E-state index in [1.54, 1.807) is 23.1 Å². The Hall–Kier alpha value is -2.37. The molecule has 1 aliphatic heterocycles. The van der Waals surface area contributed by atoms with Crippen molar-refractivity contribution >= 4 is 23.2 Å². The van der Waals surface area contributed by atoms with E-state index in [0.29, 0.717) is 30.1 Å². The minimum atomic E-state index is -1.07. The molecule has 1 N–H and O–H groups in total. The number of nitrogens with zero attached hydrogens (tertiary/aromatic N) is 1. The first-order valence-corrected chi connectivity index (χ1v) is 6.67. The number of halogens is 1. The van der Waals surface area contributed by atoms with Crippen molar-refractivity contribution in [3.8, 4) is 5.75 Å². The standard InChI is InChI=1S/C15H17FN2O3/c1-10(16)15(20)17-11-6-7-13(21-2)12(9-11)18-8-4-3-5-14(18)19/h6-7,9H,1,3-5,8H2,2H3,(H,17,20). The average molecular weight is 292 g/mol. The highest BCUT2D eigenvalue weighted by Gasteiger charge is 2.23. The third kappa shape index (κ3) is 3.39. The molecule has 5 nitrogen and oxygen atoms in total. The van der Waals surface area contributed by atoms with Gasteiger partial charge in [0.1, 0.15) is 5.75 Å². The highest BCUT2D eigenvalue weighted by molar-refractivity contribution is 6.02. The van der Waals surface area contributed by atoms with Crippen LogP contribution in [-0.2, 0) is 9.59 Å². The predicted octanol–water partition coefficient (Wildman–Crippen LogP) is 2.63. The minimum absolute atomic E-state index is 0.0120. The van der Waals surface area contributed by atoms with Crippen LogP contribution in [0.5, 0.6) is 5.75 Å². The maximum Gasteiger partial charge on any atom is 0.283 e. The molecule has 1 aliphatic rings. The Labute approximate surface area is 122 Å². The summed E-state index contributed by atoms with van der Waals surface area (Å²) < 4.78 is 18.0. The van der Waals surface area contributed by atoms with E-state index in [1.165, 1.54) is 7.11 Å². The first kappa shape index (κ1) is 15.0. The summed E-state index contributed by atoms with van der Waals surface area (Å²) in [7, 11) is 1.51. The van der Waals surface area contributed by atoms with Crippen molar-refractivity contribution in [2.45, 2.75) is 19.3 Å². The van der Waals surface area contributed by atoms with Gasteiger partial charge >= 0.3 is 0 Å². The predicted molar refractivity (Wildman–Crippen MR) is 78.1 cm³/mol. The number of nitrogens with one attached hydrogen (secondary N) is 1. The van der Waals surface area contributed by atoms with Crippen molar-refractivity contribution in [3.05, 3.63) is 30.6 Å². The molecular weight excluding hydrogens is 275 g/mol. The van der Waals surface area contributed by atoms with E-state index in [2.05, 4.69) is 11.9 Å². The quantitative estimate of drug-likeness (QED) is 0.868. The molecule has 0 unspecified atom stereocenters. The zero-order chi connectivity index (χ0) is 15.4. The van der Waals surface area contributed by atoms with Crippen LogP contribution in [0.15, 0.2) is 30.6 Å². The average Bonchev–Trinajstić information content (AvgIpc) is 2.47. The molecule has 2 amide bonds. The molecule has 1 fully saturated rings. The number of carbonyl (C=O) groups excluding carboxylic acids is 2. The maximum absolute atomic E-state index is 12.7. The third-order valence-electron chi connectivity index (χ3n) is 3.30. The first-order valence-electron chi connectivity index (χ1n) is 6.67. The third-order valence-corrected chi connectivity index (χ3v) is 3.30. The number of piperidine rings is 1. The van der Waals surface area contributed by atoms with Gasteiger partial charge in [0, 0.05) is 18.7 Å². The molecule has 0 atom stereocenters. The zero-order valence-corrected chi connectivity index (χ0v) is 11.8. The summed E-state index contributed by atoms with van der Waals surface area (Å²) in [6.07, 6.45) is 2.27. The summed E-state index contributed by atoms with van der Waals surface area (Å²) in [6, 6.07) is 4.81. The van der Waals surface area contributed by atoms with Crippen LogP contribution in [0, 0.1) is 0 Å². The van der Waals surface area contributed by atoms with Crippen molar-refractivity contribution < 1.29 is 18.7 Å². The molecule has 1 heterocycles. The maximum atomic E-state index is 12.7. The molecule has 1 aromatic rings. The number of methoxy groups -OCH3 is 1. The van der Waals surface area contributed by atoms with Gasteiger partial charge in [0.2, 0.25) is 5.91 Å². The topological polar surface area (TPSA) is 58.6 Å². The number of rotatable bonds is 4. The van der Waals surface area contributed by atoms with Crippen LogP contribution < -0.4 is 15.0 Å². The van der Waals surface area contributed by atoms with Crippen LogP contribution in [0.4, 0.5) is 15.8 Å². The highest BCUT2D eigenvalue weighted by Crippen LogP contribution is 2.33. The molecule has 1 saturated heterocycles. The van der Waals surface area contributed by atoms with Gasteiger partial charge < -0.3 is 15.0 Å². The number of amides is 2. The highest BCUT2D eigenvalue weighted by atomic mass is 19.1. The van der Waals surface area contributed by atoms with Crippen LogP contribution in [0.3, 0.4) is 0 Å². The Morgan fingerprint density at radius 3 is 2.81 bits per heavy atom. The molecule has 0 radical (unpaired) electrons. The molecule has 0 bridgehead atoms. The smallest absolute Gasteiger partial charge is 0.283 e. The fourth-order valence-corrected chi connectivity index (χ4v) is 2.24. The number of ether oxygens (including phenoxy) is 1. The van der Waals surface area contributed by atoms with E-state index in [-0.39, 0.29) is 5.91 Å². The summed E-state index contributed by atoms with van der Waals surface area (Å²) in [5.74, 6) is -1.43. The lowest BCUT2D eigenvalue weighted by atomic mass is 10.1. The van der Waals surface area contributed by atoms with Gasteiger partial charge in [0.15, 0.2) is 5.83 Å². The van der Waals surface area contributed by atoms with E-state index in [1.807, 2.05) is 0 Å². The van der Waals surface area contributed by atoms with Gasteiger partial charge in [-0.25, -0.2) is 4.39 Å². The zero-order valence-electron chi connectivity index (χ0n) is 11.8. The minimum Gasteiger partial charge on any atom is -0.495 e. The molecule has 0 aliphatic carbocycles. The number of hydrogen-bond acceptors (Lipinski definition) is 3. The van der Waals surface area contributed by atoms with E-state index in [9.17, 15) is 14.0 Å². The second-order valence-corrected chi connectivity index (χ2v) is 4.75. The molecular formula is C15H17FN2O3. The van der Waals surface area contributed by atoms with Crippen molar-refractivity contribution in [2.24, 2.45) is 0 Å². The van der Waals surface area contributed by atoms with Gasteiger partial charge in [-0.1, -0.05) is 6.58 Å². The Bertz CT molecular complexity index is 586. The summed E-state index contributed by atoms with van der Waals surface area (Å²) >= 11 is 0. The summed E-state index contributed by atoms with van der Waals surface area (Å²) in [6.45, 7) is 3.54. The first-order chi connectivity index (χ1) is 10.0. The van der Waals surface area contributed by atoms with Gasteiger partial charge in [0.05, 0.1) is 12.8 Å². The largest absolute Gasteiger partial charge is 0.495 e. The van der Waals surface area contributed by atoms with E-state index in [4.69, 9.17) is 4.74 Å². The summed E-state index contributed by atoms with van der Waals surface area (Å²) in [5.41, 5.74) is 0.956. The number of anilines is 2. The van der Waals surface area contributed by atoms with Gasteiger partial charge in [-0.3, -0.25) is 9.59 Å². The van der Waals surface area contributed by atoms with Gasteiger partial charge in [0.25, 0.3) is 5.91 Å². The Morgan fingerprint density at radius 2 is 2.19 bits per heavy atom. The van der Waals surface area contributed by atoms with Crippen molar-refractivity contribution in [3.63, 3.8) is 0 Å². The second-order valence-electron chi connectivity index (χ2n) is 4.75. The molecule has 1 aromatic carbocycles. The van der Waals surface area contributed by atoms with Crippen LogP contribution in [0.1, 0.15) is 19.3 Å². The van der Waals surface area contributed by atoms with Crippen LogP contribution >= 0.6 is 0 Å². The van der Waals surface area contributed by atoms with Gasteiger partial charge in [-0.2, -0.15) is 0 Å². The molecule has 112 valence electrons. The van der Waals surface area contributed by atoms with Gasteiger partial charge in [-0.15, -0.1) is 0 Å². The van der Waals surface area contributed by atoms with E-state index < -0.39 is 11.7 Å². The molecule has 6 heteroatoms. The van der Waals surface area contributed by atoms with E-state index in [0.717, 1.165) is 12.8 Å². The van der Waals surface area contributed by atoms with Crippen molar-refractivity contribution in [1.29, 1.82) is 0 Å². The Kier molecular flexibility index (Phi) is 4.57. The number of benzene rings is 1. The molecule has 21 heavy (non-hydrogen) atoms. The monoisotopic (exact) mass is 292 g/mol. The molecule has 2 rings (SSSR count). The lowest BCUT2D eigenvalue weighted by Crippen LogP contribution is -2.35. The molecule has 0 spiro atoms. The summed E-state index contributed by atoms with van der Waals surface area (Å²) in [4.78, 5) is 25.0.